The lowest BCUT2D eigenvalue weighted by molar-refractivity contribution is -0.289. The van der Waals surface area contributed by atoms with Crippen LogP contribution in [0.4, 0.5) is 0 Å². The van der Waals surface area contributed by atoms with E-state index in [1.807, 2.05) is 0 Å². The summed E-state index contributed by atoms with van der Waals surface area (Å²) in [4.78, 5) is 55.1. The Morgan fingerprint density at radius 2 is 0.811 bits per heavy atom. The van der Waals surface area contributed by atoms with Gasteiger partial charge in [0.05, 0.1) is 18.3 Å². The van der Waals surface area contributed by atoms with Gasteiger partial charge in [-0.3, -0.25) is 24.0 Å². The van der Waals surface area contributed by atoms with E-state index in [1.165, 1.54) is 20.8 Å². The van der Waals surface area contributed by atoms with Crippen LogP contribution in [0, 0.1) is 0 Å². The van der Waals surface area contributed by atoms with Gasteiger partial charge in [0.1, 0.15) is 6.10 Å². The molecule has 2 unspecified atom stereocenters. The molecule has 2 aliphatic rings. The number of hydrogen-bond acceptors (Lipinski definition) is 14. The molecule has 0 aromatic heterocycles. The smallest absolute Gasteiger partial charge is 0.305 e. The molecule has 2 aliphatic heterocycles. The van der Waals surface area contributed by atoms with E-state index in [4.69, 9.17) is 33.2 Å². The molecule has 0 saturated carbocycles. The Kier molecular flexibility index (Phi) is 12.4. The minimum atomic E-state index is -1.46. The van der Waals surface area contributed by atoms with Crippen LogP contribution < -0.4 is 0 Å². The number of esters is 5. The molecule has 2 fully saturated rings. The van der Waals surface area contributed by atoms with E-state index in [2.05, 4.69) is 0 Å². The average molecular weight is 537 g/mol. The van der Waals surface area contributed by atoms with E-state index >= 15 is 0 Å². The monoisotopic (exact) mass is 536 g/mol. The molecule has 37 heavy (non-hydrogen) atoms. The highest BCUT2D eigenvalue weighted by Gasteiger charge is 2.49. The third-order valence-corrected chi connectivity index (χ3v) is 5.27. The second kappa shape index (κ2) is 14.2. The van der Waals surface area contributed by atoms with Crippen molar-refractivity contribution in [1.29, 1.82) is 0 Å². The molecule has 0 bridgehead atoms. The van der Waals surface area contributed by atoms with Crippen LogP contribution in [-0.2, 0) is 57.1 Å². The van der Waals surface area contributed by atoms with Gasteiger partial charge in [-0.05, 0) is 20.8 Å². The minimum Gasteiger partial charge on any atom is -0.456 e. The molecule has 0 aromatic rings. The maximum atomic E-state index is 11.1. The first kappa shape index (κ1) is 32.2. The van der Waals surface area contributed by atoms with Crippen LogP contribution in [0.5, 0.6) is 0 Å². The van der Waals surface area contributed by atoms with Gasteiger partial charge in [0, 0.05) is 34.6 Å². The van der Waals surface area contributed by atoms with Crippen LogP contribution in [-0.4, -0.2) is 101 Å². The van der Waals surface area contributed by atoms with Crippen molar-refractivity contribution in [2.75, 3.05) is 0 Å². The topological polar surface area (TPSA) is 190 Å². The molecule has 0 amide bonds. The largest absolute Gasteiger partial charge is 0.456 e. The summed E-state index contributed by atoms with van der Waals surface area (Å²) in [7, 11) is 0. The second-order valence-electron chi connectivity index (χ2n) is 8.64. The molecule has 10 atom stereocenters. The van der Waals surface area contributed by atoms with E-state index < -0.39 is 91.1 Å². The zero-order chi connectivity index (χ0) is 28.6. The first-order chi connectivity index (χ1) is 17.0. The zero-order valence-corrected chi connectivity index (χ0v) is 22.1. The standard InChI is InChI=1S/C12H18O8.C11H18O6/c1-5-10(18-6(2)13)11(19-7(3)14)9(16)12(17-5)20-8(4)15;1-5-9(14)11(17-8(4)13)10(6(2)15-5)16-7(3)12/h5,9-12,16H,1-4H3;5-6,9-11,14H,1-4H3/t5-,9-,10-,11-,12?;5?,6-,9-,10-,11-/m00/s1. The maximum Gasteiger partial charge on any atom is 0.305 e. The van der Waals surface area contributed by atoms with Crippen molar-refractivity contribution >= 4 is 29.8 Å². The minimum absolute atomic E-state index is 0.443. The van der Waals surface area contributed by atoms with Crippen molar-refractivity contribution in [2.45, 2.75) is 117 Å². The predicted octanol–water partition coefficient (Wildman–Crippen LogP) is -0.463. The van der Waals surface area contributed by atoms with Crippen LogP contribution in [0.2, 0.25) is 0 Å². The highest BCUT2D eigenvalue weighted by molar-refractivity contribution is 5.68. The number of carbonyl (C=O) groups excluding carboxylic acids is 5. The summed E-state index contributed by atoms with van der Waals surface area (Å²) < 4.78 is 35.5. The highest BCUT2D eigenvalue weighted by Crippen LogP contribution is 2.27. The van der Waals surface area contributed by atoms with Crippen LogP contribution in [0.25, 0.3) is 0 Å². The Morgan fingerprint density at radius 3 is 1.19 bits per heavy atom. The Labute approximate surface area is 214 Å². The summed E-state index contributed by atoms with van der Waals surface area (Å²) in [5, 5.41) is 20.0. The van der Waals surface area contributed by atoms with Gasteiger partial charge in [0.25, 0.3) is 0 Å². The lowest BCUT2D eigenvalue weighted by Crippen LogP contribution is -2.60. The fraction of sp³-hybridized carbons (Fsp3) is 0.783. The summed E-state index contributed by atoms with van der Waals surface area (Å²) in [6.07, 6.45) is -9.26. The first-order valence-electron chi connectivity index (χ1n) is 11.6. The number of aliphatic hydroxyl groups excluding tert-OH is 2. The number of hydrogen-bond donors (Lipinski definition) is 2. The van der Waals surface area contributed by atoms with Crippen LogP contribution in [0.15, 0.2) is 0 Å². The number of ether oxygens (including phenoxy) is 7. The third-order valence-electron chi connectivity index (χ3n) is 5.27. The fourth-order valence-electron chi connectivity index (χ4n) is 3.84. The van der Waals surface area contributed by atoms with Crippen molar-refractivity contribution in [3.63, 3.8) is 0 Å². The number of carbonyl (C=O) groups is 5. The van der Waals surface area contributed by atoms with Gasteiger partial charge in [-0.2, -0.15) is 0 Å². The molecule has 2 N–H and O–H groups in total. The van der Waals surface area contributed by atoms with Gasteiger partial charge < -0.3 is 43.4 Å². The quantitative estimate of drug-likeness (QED) is 0.339. The highest BCUT2D eigenvalue weighted by atomic mass is 16.7. The number of aliphatic hydroxyl groups is 2. The molecule has 0 radical (unpaired) electrons. The summed E-state index contributed by atoms with van der Waals surface area (Å²) >= 11 is 0. The fourth-order valence-corrected chi connectivity index (χ4v) is 3.84. The zero-order valence-electron chi connectivity index (χ0n) is 22.1. The normalized spacial score (nSPS) is 35.1. The molecule has 14 heteroatoms. The summed E-state index contributed by atoms with van der Waals surface area (Å²) in [5.41, 5.74) is 0. The van der Waals surface area contributed by atoms with Crippen LogP contribution in [0.1, 0.15) is 55.4 Å². The van der Waals surface area contributed by atoms with E-state index in [-0.39, 0.29) is 0 Å². The van der Waals surface area contributed by atoms with Gasteiger partial charge >= 0.3 is 29.8 Å². The summed E-state index contributed by atoms with van der Waals surface area (Å²) in [5.74, 6) is -2.98. The van der Waals surface area contributed by atoms with Gasteiger partial charge in [0.15, 0.2) is 30.5 Å². The lowest BCUT2D eigenvalue weighted by atomic mass is 9.96. The Bertz CT molecular complexity index is 828. The molecule has 14 nitrogen and oxygen atoms in total. The number of rotatable bonds is 5. The van der Waals surface area contributed by atoms with Crippen molar-refractivity contribution in [2.24, 2.45) is 0 Å². The molecule has 2 saturated heterocycles. The van der Waals surface area contributed by atoms with Gasteiger partial charge in [0.2, 0.25) is 6.29 Å². The SMILES string of the molecule is CC(=O)OC1O[C@@H](C)[C@H](OC(C)=O)[C@@H](OC(C)=O)[C@@H]1O.CC(=O)O[C@@H]1[C@@H](OC(C)=O)[C@@H](O)C(C)O[C@H]1C. The van der Waals surface area contributed by atoms with Crippen LogP contribution >= 0.6 is 0 Å². The van der Waals surface area contributed by atoms with Crippen molar-refractivity contribution in [3.8, 4) is 0 Å². The van der Waals surface area contributed by atoms with E-state index in [9.17, 15) is 34.2 Å². The summed E-state index contributed by atoms with van der Waals surface area (Å²) in [6, 6.07) is 0. The van der Waals surface area contributed by atoms with Gasteiger partial charge in [-0.25, -0.2) is 0 Å². The molecule has 0 aliphatic carbocycles. The van der Waals surface area contributed by atoms with E-state index in [0.29, 0.717) is 0 Å². The maximum absolute atomic E-state index is 11.1. The average Bonchev–Trinajstić information content (AvgIpc) is 2.74. The Morgan fingerprint density at radius 1 is 0.486 bits per heavy atom. The van der Waals surface area contributed by atoms with E-state index in [1.54, 1.807) is 20.8 Å². The van der Waals surface area contributed by atoms with Gasteiger partial charge in [-0.1, -0.05) is 0 Å². The van der Waals surface area contributed by atoms with Gasteiger partial charge in [-0.15, -0.1) is 0 Å². The van der Waals surface area contributed by atoms with Crippen molar-refractivity contribution in [1.82, 2.24) is 0 Å². The van der Waals surface area contributed by atoms with Crippen molar-refractivity contribution < 1.29 is 67.3 Å². The second-order valence-corrected chi connectivity index (χ2v) is 8.64. The van der Waals surface area contributed by atoms with Crippen LogP contribution in [0.3, 0.4) is 0 Å². The molecule has 2 rings (SSSR count). The Balaban J connectivity index is 0.000000375. The Hall–Kier alpha value is -2.81. The molecular formula is C23H36O14. The molecule has 212 valence electrons. The van der Waals surface area contributed by atoms with Crippen molar-refractivity contribution in [3.05, 3.63) is 0 Å². The predicted molar refractivity (Wildman–Crippen MR) is 120 cm³/mol. The molecule has 0 spiro atoms. The summed E-state index contributed by atoms with van der Waals surface area (Å²) in [6.45, 7) is 10.9. The lowest BCUT2D eigenvalue weighted by Gasteiger charge is -2.41. The third kappa shape index (κ3) is 9.87. The molecule has 2 heterocycles. The van der Waals surface area contributed by atoms with E-state index in [0.717, 1.165) is 13.8 Å². The first-order valence-corrected chi connectivity index (χ1v) is 11.6. The molecular weight excluding hydrogens is 500 g/mol. The molecule has 0 aromatic carbocycles.